The smallest absolute Gasteiger partial charge is 0 e. The fourth-order valence-electron chi connectivity index (χ4n) is 0.881. The molecule has 0 saturated carbocycles. The van der Waals surface area contributed by atoms with Gasteiger partial charge in [0.1, 0.15) is 18.7 Å². The largest absolute Gasteiger partial charge is 0 e. The molecule has 0 amide bonds. The molecule has 0 aromatic carbocycles. The number of furan rings is 1. The second-order valence-corrected chi connectivity index (χ2v) is 2.38. The Labute approximate surface area is 182 Å². The van der Waals surface area contributed by atoms with E-state index in [1.807, 2.05) is 0 Å². The number of carbonyl (C=O) groups is 1. The third-order valence-corrected chi connectivity index (χ3v) is 1.43. The van der Waals surface area contributed by atoms with E-state index in [4.69, 9.17) is 41.8 Å². The van der Waals surface area contributed by atoms with Crippen molar-refractivity contribution in [2.45, 2.75) is 6.10 Å². The molecule has 4 radical (unpaired) electrons. The van der Waals surface area contributed by atoms with Crippen LogP contribution in [0.4, 0.5) is 0 Å². The van der Waals surface area contributed by atoms with E-state index >= 15 is 0 Å². The molecule has 0 N–H and O–H groups in total. The summed E-state index contributed by atoms with van der Waals surface area (Å²) >= 11 is 0. The molecule has 12 heteroatoms. The van der Waals surface area contributed by atoms with Gasteiger partial charge in [0.15, 0.2) is 6.29 Å². The van der Waals surface area contributed by atoms with Crippen molar-refractivity contribution in [2.24, 2.45) is 0 Å². The summed E-state index contributed by atoms with van der Waals surface area (Å²) in [7, 11) is 1.51. The maximum atomic E-state index is 10.1. The number of carbonyl (C=O) groups excluding carboxylic acids is 1. The van der Waals surface area contributed by atoms with Gasteiger partial charge in [0.25, 0.3) is 0 Å². The third kappa shape index (κ3) is 44.0. The zero-order valence-corrected chi connectivity index (χ0v) is 15.9. The number of aldehydes is 1. The Bertz CT molecular complexity index is 466. The van der Waals surface area contributed by atoms with E-state index in [-0.39, 0.29) is 40.4 Å². The van der Waals surface area contributed by atoms with Crippen molar-refractivity contribution < 1.29 is 80.2 Å². The Morgan fingerprint density at radius 3 is 1.71 bits per heavy atom. The molecule has 1 rings (SSSR count). The minimum atomic E-state index is -0.560. The van der Waals surface area contributed by atoms with Gasteiger partial charge in [-0.15, -0.1) is 0 Å². The van der Waals surface area contributed by atoms with Gasteiger partial charge >= 0.3 is 67.8 Å². The van der Waals surface area contributed by atoms with Gasteiger partial charge in [-0.05, 0) is 12.1 Å². The number of rotatable bonds is 6. The molecule has 152 valence electrons. The topological polar surface area (TPSA) is 168 Å². The van der Waals surface area contributed by atoms with Crippen LogP contribution in [-0.2, 0) is 75.7 Å². The average molecular weight is 480 g/mol. The van der Waals surface area contributed by atoms with E-state index in [1.54, 1.807) is 12.1 Å². The van der Waals surface area contributed by atoms with Crippen molar-refractivity contribution >= 4 is 6.29 Å². The molecule has 1 atom stereocenters. The van der Waals surface area contributed by atoms with E-state index in [9.17, 15) is 4.79 Å². The van der Waals surface area contributed by atoms with Crippen LogP contribution in [0, 0.1) is 52.1 Å². The van der Waals surface area contributed by atoms with E-state index in [0.29, 0.717) is 12.0 Å². The van der Waals surface area contributed by atoms with Crippen LogP contribution in [-0.4, -0.2) is 20.2 Å². The minimum Gasteiger partial charge on any atom is 0 e. The number of allylic oxidation sites excluding steroid dienone is 1. The van der Waals surface area contributed by atoms with Crippen LogP contribution in [0.3, 0.4) is 0 Å². The van der Waals surface area contributed by atoms with Crippen molar-refractivity contribution in [3.63, 3.8) is 0 Å². The molecule has 0 bridgehead atoms. The van der Waals surface area contributed by atoms with Crippen molar-refractivity contribution in [2.75, 3.05) is 13.9 Å². The average Bonchev–Trinajstić information content (AvgIpc) is 3.32. The molecule has 1 unspecified atom stereocenters. The second-order valence-electron chi connectivity index (χ2n) is 2.38. The zero-order valence-electron chi connectivity index (χ0n) is 13.8. The molecule has 0 aliphatic rings. The van der Waals surface area contributed by atoms with Crippen LogP contribution < -0.4 is 0 Å². The number of ether oxygens (including phenoxy) is 2. The van der Waals surface area contributed by atoms with Crippen LogP contribution in [0.2, 0.25) is 0 Å². The van der Waals surface area contributed by atoms with E-state index in [2.05, 4.69) is 52.1 Å². The van der Waals surface area contributed by atoms with Crippen LogP contribution in [0.1, 0.15) is 11.9 Å². The monoisotopic (exact) mass is 480 g/mol. The fraction of sp³-hybridized carbons (Fsp3) is 0.188. The first-order valence-corrected chi connectivity index (χ1v) is 5.19. The Balaban J connectivity index is -0.0000000410. The molecular formula is C16H10Co2O10. The van der Waals surface area contributed by atoms with Crippen molar-refractivity contribution in [1.29, 1.82) is 0 Å². The second kappa shape index (κ2) is 73.4. The Morgan fingerprint density at radius 1 is 1.00 bits per heavy atom. The van der Waals surface area contributed by atoms with E-state index in [1.165, 1.54) is 13.4 Å². The molecule has 28 heavy (non-hydrogen) atoms. The molecule has 1 aromatic heterocycles. The van der Waals surface area contributed by atoms with Gasteiger partial charge in [-0.2, -0.15) is 0 Å². The fourth-order valence-corrected chi connectivity index (χ4v) is 0.881. The van der Waals surface area contributed by atoms with Crippen molar-refractivity contribution in [3.05, 3.63) is 76.2 Å². The first-order chi connectivity index (χ1) is 12.9. The van der Waals surface area contributed by atoms with Gasteiger partial charge in [-0.25, -0.2) is 0 Å². The first kappa shape index (κ1) is 50.2. The van der Waals surface area contributed by atoms with E-state index in [0.717, 1.165) is 0 Å². The summed E-state index contributed by atoms with van der Waals surface area (Å²) in [4.78, 5) is 10.1. The van der Waals surface area contributed by atoms with Crippen LogP contribution in [0.5, 0.6) is 0 Å². The summed E-state index contributed by atoms with van der Waals surface area (Å²) in [5.74, 6) is 0.552. The van der Waals surface area contributed by atoms with E-state index < -0.39 is 6.10 Å². The minimum absolute atomic E-state index is 0. The number of hydrogen-bond acceptors (Lipinski definition) is 4. The summed E-state index contributed by atoms with van der Waals surface area (Å²) in [6.07, 6.45) is 6.33. The Morgan fingerprint density at radius 2 is 1.43 bits per heavy atom. The van der Waals surface area contributed by atoms with Crippen LogP contribution in [0.25, 0.3) is 0 Å². The Hall–Kier alpha value is -1.94. The molecule has 10 nitrogen and oxygen atoms in total. The summed E-state index contributed by atoms with van der Waals surface area (Å²) in [5.41, 5.74) is 0. The Kier molecular flexibility index (Phi) is 132. The van der Waals surface area contributed by atoms with Gasteiger partial charge in [0.05, 0.1) is 6.26 Å². The molecule has 0 saturated heterocycles. The van der Waals surface area contributed by atoms with Gasteiger partial charge in [0.2, 0.25) is 0 Å². The van der Waals surface area contributed by atoms with Gasteiger partial charge in [-0.3, -0.25) is 4.79 Å². The maximum absolute atomic E-state index is 10.1. The summed E-state index contributed by atoms with van der Waals surface area (Å²) in [6.45, 7) is 27.1. The maximum Gasteiger partial charge on any atom is 0 e. The predicted octanol–water partition coefficient (Wildman–Crippen LogP) is 1.07. The van der Waals surface area contributed by atoms with Gasteiger partial charge in [-0.1, -0.05) is 0 Å². The van der Waals surface area contributed by atoms with Crippen LogP contribution >= 0.6 is 0 Å². The normalized spacial score (nSPS) is 7.04. The first-order valence-electron chi connectivity index (χ1n) is 5.19. The summed E-state index contributed by atoms with van der Waals surface area (Å²) in [6, 6.07) is 3.45. The SMILES string of the molecule is COCOC([C]=[C]C=O)c1ccco1.[C-]#[O+].[C-]#[O+].[C-]#[O+].[C-]#[O+].[C-]#[O+].[C-]#[O+].[Co].[Co]. The van der Waals surface area contributed by atoms with Crippen molar-refractivity contribution in [3.8, 4) is 0 Å². The molecule has 0 aliphatic heterocycles. The molecule has 1 aromatic rings. The number of hydrogen-bond donors (Lipinski definition) is 0. The molecule has 1 heterocycles. The van der Waals surface area contributed by atoms with Gasteiger partial charge in [0, 0.05) is 52.8 Å². The molecule has 0 spiro atoms. The third-order valence-electron chi connectivity index (χ3n) is 1.43. The standard InChI is InChI=1S/C10H10O4.6CO.2Co/c1-12-8-14-10(4-2-6-11)9-5-3-7-13-9;6*1-2;;/h3,5-7,10H,8H2,1H3;;;;;;;;. The zero-order chi connectivity index (χ0) is 22.2. The molecule has 0 aliphatic carbocycles. The molecular weight excluding hydrogens is 470 g/mol. The quantitative estimate of drug-likeness (QED) is 0.195. The van der Waals surface area contributed by atoms with Crippen LogP contribution in [0.15, 0.2) is 22.8 Å². The summed E-state index contributed by atoms with van der Waals surface area (Å²) < 4.78 is 60.0. The predicted molar refractivity (Wildman–Crippen MR) is 70.5 cm³/mol. The molecule has 0 fully saturated rings. The van der Waals surface area contributed by atoms with Crippen molar-refractivity contribution in [1.82, 2.24) is 0 Å². The summed E-state index contributed by atoms with van der Waals surface area (Å²) in [5, 5.41) is 0. The number of methoxy groups -OCH3 is 1. The van der Waals surface area contributed by atoms with Gasteiger partial charge < -0.3 is 13.9 Å².